The lowest BCUT2D eigenvalue weighted by Crippen LogP contribution is -2.40. The van der Waals surface area contributed by atoms with Crippen LogP contribution in [-0.4, -0.2) is 39.6 Å². The molecule has 1 aromatic carbocycles. The summed E-state index contributed by atoms with van der Waals surface area (Å²) in [6.45, 7) is 1.71. The Kier molecular flexibility index (Phi) is 6.16. The molecule has 1 unspecified atom stereocenters. The number of fused-ring (bicyclic) bond motifs is 1. The van der Waals surface area contributed by atoms with E-state index in [-0.39, 0.29) is 24.1 Å². The van der Waals surface area contributed by atoms with Crippen molar-refractivity contribution < 1.29 is 9.53 Å². The van der Waals surface area contributed by atoms with Crippen molar-refractivity contribution in [2.75, 3.05) is 13.2 Å². The highest BCUT2D eigenvalue weighted by molar-refractivity contribution is 7.18. The summed E-state index contributed by atoms with van der Waals surface area (Å²) in [5, 5.41) is 4.54. The summed E-state index contributed by atoms with van der Waals surface area (Å²) in [6.07, 6.45) is 3.50. The zero-order chi connectivity index (χ0) is 21.9. The molecule has 3 aromatic heterocycles. The van der Waals surface area contributed by atoms with Gasteiger partial charge in [-0.3, -0.25) is 14.2 Å². The van der Waals surface area contributed by atoms with Crippen molar-refractivity contribution in [3.05, 3.63) is 75.5 Å². The fourth-order valence-electron chi connectivity index (χ4n) is 4.03. The number of amides is 1. The van der Waals surface area contributed by atoms with Gasteiger partial charge in [0.15, 0.2) is 0 Å². The summed E-state index contributed by atoms with van der Waals surface area (Å²) in [5.41, 5.74) is 1.77. The van der Waals surface area contributed by atoms with Crippen molar-refractivity contribution in [2.45, 2.75) is 32.0 Å². The van der Waals surface area contributed by atoms with Crippen LogP contribution in [0.15, 0.2) is 64.3 Å². The average molecular weight is 466 g/mol. The van der Waals surface area contributed by atoms with Crippen molar-refractivity contribution in [1.82, 2.24) is 14.5 Å². The first-order valence-corrected chi connectivity index (χ1v) is 12.4. The van der Waals surface area contributed by atoms with Gasteiger partial charge in [-0.25, -0.2) is 4.98 Å². The summed E-state index contributed by atoms with van der Waals surface area (Å²) in [5.74, 6) is -0.111. The monoisotopic (exact) mass is 465 g/mol. The first kappa shape index (κ1) is 21.1. The van der Waals surface area contributed by atoms with Crippen LogP contribution in [0.25, 0.3) is 20.7 Å². The van der Waals surface area contributed by atoms with Gasteiger partial charge in [0.1, 0.15) is 11.4 Å². The first-order chi connectivity index (χ1) is 15.7. The molecular formula is C24H23N3O3S2. The van der Waals surface area contributed by atoms with Gasteiger partial charge in [-0.05, 0) is 29.9 Å². The maximum absolute atomic E-state index is 13.3. The number of hydrogen-bond acceptors (Lipinski definition) is 6. The maximum Gasteiger partial charge on any atom is 0.263 e. The minimum atomic E-state index is -0.176. The topological polar surface area (TPSA) is 64.4 Å². The highest BCUT2D eigenvalue weighted by Crippen LogP contribution is 2.33. The number of rotatable bonds is 7. The van der Waals surface area contributed by atoms with Gasteiger partial charge in [-0.2, -0.15) is 0 Å². The van der Waals surface area contributed by atoms with E-state index < -0.39 is 0 Å². The molecule has 1 amide bonds. The smallest absolute Gasteiger partial charge is 0.263 e. The predicted octanol–water partition coefficient (Wildman–Crippen LogP) is 4.39. The molecule has 5 rings (SSSR count). The van der Waals surface area contributed by atoms with E-state index in [1.54, 1.807) is 16.2 Å². The molecule has 1 saturated heterocycles. The minimum Gasteiger partial charge on any atom is -0.376 e. The van der Waals surface area contributed by atoms with Gasteiger partial charge < -0.3 is 9.64 Å². The van der Waals surface area contributed by atoms with E-state index >= 15 is 0 Å². The molecule has 0 saturated carbocycles. The molecular weight excluding hydrogens is 442 g/mol. The molecule has 32 heavy (non-hydrogen) atoms. The Morgan fingerprint density at radius 3 is 2.81 bits per heavy atom. The van der Waals surface area contributed by atoms with E-state index in [0.717, 1.165) is 35.5 Å². The van der Waals surface area contributed by atoms with Crippen LogP contribution in [0.1, 0.15) is 18.4 Å². The summed E-state index contributed by atoms with van der Waals surface area (Å²) in [4.78, 5) is 34.6. The summed E-state index contributed by atoms with van der Waals surface area (Å²) < 4.78 is 7.21. The third-order valence-corrected chi connectivity index (χ3v) is 7.46. The average Bonchev–Trinajstić information content (AvgIpc) is 3.57. The van der Waals surface area contributed by atoms with E-state index in [1.807, 2.05) is 53.2 Å². The van der Waals surface area contributed by atoms with Crippen molar-refractivity contribution in [3.63, 3.8) is 0 Å². The normalized spacial score (nSPS) is 15.9. The molecule has 1 aliphatic heterocycles. The van der Waals surface area contributed by atoms with E-state index in [0.29, 0.717) is 23.3 Å². The summed E-state index contributed by atoms with van der Waals surface area (Å²) in [6, 6.07) is 13.9. The van der Waals surface area contributed by atoms with Crippen molar-refractivity contribution in [2.24, 2.45) is 0 Å². The van der Waals surface area contributed by atoms with Crippen LogP contribution in [0.2, 0.25) is 0 Å². The van der Waals surface area contributed by atoms with Gasteiger partial charge >= 0.3 is 0 Å². The van der Waals surface area contributed by atoms with Crippen LogP contribution in [0.5, 0.6) is 0 Å². The second-order valence-electron chi connectivity index (χ2n) is 7.88. The maximum atomic E-state index is 13.3. The zero-order valence-corrected chi connectivity index (χ0v) is 19.1. The molecule has 0 aliphatic carbocycles. The van der Waals surface area contributed by atoms with E-state index in [4.69, 9.17) is 4.74 Å². The number of carbonyl (C=O) groups excluding carboxylic acids is 1. The van der Waals surface area contributed by atoms with Gasteiger partial charge in [-0.1, -0.05) is 36.4 Å². The molecule has 1 atom stereocenters. The Bertz CT molecular complexity index is 1260. The van der Waals surface area contributed by atoms with Crippen LogP contribution in [0.4, 0.5) is 0 Å². The molecule has 1 fully saturated rings. The molecule has 1 aliphatic rings. The Hall–Kier alpha value is -2.81. The van der Waals surface area contributed by atoms with Crippen LogP contribution in [-0.2, 0) is 22.6 Å². The number of aromatic nitrogens is 2. The molecule has 0 radical (unpaired) electrons. The lowest BCUT2D eigenvalue weighted by Gasteiger charge is -2.26. The van der Waals surface area contributed by atoms with Crippen LogP contribution < -0.4 is 5.56 Å². The van der Waals surface area contributed by atoms with Crippen LogP contribution in [0.3, 0.4) is 0 Å². The third kappa shape index (κ3) is 4.39. The van der Waals surface area contributed by atoms with Gasteiger partial charge in [0.25, 0.3) is 5.56 Å². The Balaban J connectivity index is 1.42. The molecule has 8 heteroatoms. The zero-order valence-electron chi connectivity index (χ0n) is 17.5. The van der Waals surface area contributed by atoms with Gasteiger partial charge in [0.05, 0.1) is 17.8 Å². The molecule has 4 aromatic rings. The third-order valence-electron chi connectivity index (χ3n) is 5.67. The Labute approximate surface area is 193 Å². The Morgan fingerprint density at radius 1 is 1.19 bits per heavy atom. The van der Waals surface area contributed by atoms with Gasteiger partial charge in [0, 0.05) is 35.5 Å². The standard InChI is InChI=1S/C24H23N3O3S2/c28-21(26(13-18-8-4-10-30-18)12-17-6-2-1-3-7-17)14-27-16-25-23-22(24(27)29)19(15-32-23)20-9-5-11-31-20/h1-3,5-7,9,11,15-16,18H,4,8,10,12-14H2. The lowest BCUT2D eigenvalue weighted by molar-refractivity contribution is -0.134. The van der Waals surface area contributed by atoms with Crippen molar-refractivity contribution >= 4 is 38.8 Å². The SMILES string of the molecule is O=C(Cn1cnc2scc(-c3cccs3)c2c1=O)N(Cc1ccccc1)CC1CCCO1. The lowest BCUT2D eigenvalue weighted by atomic mass is 10.1. The number of carbonyl (C=O) groups is 1. The number of benzene rings is 1. The molecule has 4 heterocycles. The largest absolute Gasteiger partial charge is 0.376 e. The molecule has 164 valence electrons. The fraction of sp³-hybridized carbons (Fsp3) is 0.292. The number of hydrogen-bond donors (Lipinski definition) is 0. The second kappa shape index (κ2) is 9.36. The second-order valence-corrected chi connectivity index (χ2v) is 9.69. The van der Waals surface area contributed by atoms with Gasteiger partial charge in [-0.15, -0.1) is 22.7 Å². The highest BCUT2D eigenvalue weighted by atomic mass is 32.1. The summed E-state index contributed by atoms with van der Waals surface area (Å²) >= 11 is 3.04. The highest BCUT2D eigenvalue weighted by Gasteiger charge is 2.24. The molecule has 0 N–H and O–H groups in total. The van der Waals surface area contributed by atoms with Crippen molar-refractivity contribution in [3.8, 4) is 10.4 Å². The quantitative estimate of drug-likeness (QED) is 0.406. The van der Waals surface area contributed by atoms with E-state index in [9.17, 15) is 9.59 Å². The number of nitrogens with zero attached hydrogens (tertiary/aromatic N) is 3. The predicted molar refractivity (Wildman–Crippen MR) is 128 cm³/mol. The molecule has 6 nitrogen and oxygen atoms in total. The number of ether oxygens (including phenoxy) is 1. The number of thiophene rings is 2. The molecule has 0 spiro atoms. The Morgan fingerprint density at radius 2 is 2.06 bits per heavy atom. The minimum absolute atomic E-state index is 0.0406. The molecule has 0 bridgehead atoms. The fourth-order valence-corrected chi connectivity index (χ4v) is 5.75. The van der Waals surface area contributed by atoms with Crippen molar-refractivity contribution in [1.29, 1.82) is 0 Å². The first-order valence-electron chi connectivity index (χ1n) is 10.6. The van der Waals surface area contributed by atoms with Gasteiger partial charge in [0.2, 0.25) is 5.91 Å². The summed E-state index contributed by atoms with van der Waals surface area (Å²) in [7, 11) is 0. The van der Waals surface area contributed by atoms with Crippen LogP contribution >= 0.6 is 22.7 Å². The van der Waals surface area contributed by atoms with E-state index in [1.165, 1.54) is 22.2 Å². The van der Waals surface area contributed by atoms with Crippen LogP contribution in [0, 0.1) is 0 Å². The van der Waals surface area contributed by atoms with E-state index in [2.05, 4.69) is 4.98 Å².